The third-order valence-electron chi connectivity index (χ3n) is 2.51. The zero-order valence-electron chi connectivity index (χ0n) is 7.89. The molecule has 0 aliphatic heterocycles. The fourth-order valence-corrected chi connectivity index (χ4v) is 1.99. The van der Waals surface area contributed by atoms with Crippen LogP contribution in [0.3, 0.4) is 0 Å². The number of hydrogen-bond donors (Lipinski definition) is 0. The Balaban J connectivity index is 2.52. The number of aromatic nitrogens is 2. The minimum Gasteiger partial charge on any atom is -0.238 e. The maximum absolute atomic E-state index is 4.45. The van der Waals surface area contributed by atoms with Crippen LogP contribution >= 0.6 is 0 Å². The molecular weight excluding hydrogens is 148 g/mol. The minimum absolute atomic E-state index is 0.759. The van der Waals surface area contributed by atoms with E-state index in [0.29, 0.717) is 0 Å². The average molecular weight is 162 g/mol. The number of hydrogen-bond acceptors (Lipinski definition) is 2. The highest BCUT2D eigenvalue weighted by molar-refractivity contribution is 5.30. The van der Waals surface area contributed by atoms with Crippen LogP contribution < -0.4 is 0 Å². The van der Waals surface area contributed by atoms with Gasteiger partial charge in [0, 0.05) is 11.4 Å². The predicted octanol–water partition coefficient (Wildman–Crippen LogP) is 1.83. The van der Waals surface area contributed by atoms with Crippen molar-refractivity contribution in [3.63, 3.8) is 0 Å². The fourth-order valence-electron chi connectivity index (χ4n) is 1.99. The summed E-state index contributed by atoms with van der Waals surface area (Å²) in [6, 6.07) is 0. The third kappa shape index (κ3) is 1.11. The first-order valence-electron chi connectivity index (χ1n) is 4.50. The smallest absolute Gasteiger partial charge is 0.125 e. The molecular formula is C10H14N2. The molecule has 1 aliphatic rings. The average Bonchev–Trinajstić information content (AvgIpc) is 2.29. The van der Waals surface area contributed by atoms with Crippen LogP contribution in [0.5, 0.6) is 0 Å². The van der Waals surface area contributed by atoms with Gasteiger partial charge in [0.2, 0.25) is 0 Å². The van der Waals surface area contributed by atoms with E-state index in [0.717, 1.165) is 18.2 Å². The molecule has 12 heavy (non-hydrogen) atoms. The summed E-state index contributed by atoms with van der Waals surface area (Å²) in [6.45, 7) is 6.33. The molecule has 0 spiro atoms. The first-order valence-corrected chi connectivity index (χ1v) is 4.50. The quantitative estimate of drug-likeness (QED) is 0.581. The van der Waals surface area contributed by atoms with Gasteiger partial charge >= 0.3 is 0 Å². The van der Waals surface area contributed by atoms with E-state index in [1.807, 2.05) is 6.92 Å². The van der Waals surface area contributed by atoms with Crippen molar-refractivity contribution in [2.45, 2.75) is 33.6 Å². The molecule has 0 saturated heterocycles. The van der Waals surface area contributed by atoms with Gasteiger partial charge in [-0.15, -0.1) is 0 Å². The van der Waals surface area contributed by atoms with Crippen LogP contribution in [-0.4, -0.2) is 9.97 Å². The predicted molar refractivity (Wildman–Crippen MR) is 48.1 cm³/mol. The van der Waals surface area contributed by atoms with Crippen LogP contribution in [0.15, 0.2) is 0 Å². The molecule has 2 nitrogen and oxygen atoms in total. The summed E-state index contributed by atoms with van der Waals surface area (Å²) in [6.07, 6.45) is 2.31. The van der Waals surface area contributed by atoms with Crippen LogP contribution in [0, 0.1) is 19.8 Å². The Bertz CT molecular complexity index is 318. The maximum atomic E-state index is 4.45. The molecule has 1 aliphatic carbocycles. The van der Waals surface area contributed by atoms with E-state index in [1.54, 1.807) is 0 Å². The summed E-state index contributed by atoms with van der Waals surface area (Å²) in [7, 11) is 0. The number of aryl methyl sites for hydroxylation is 2. The first kappa shape index (κ1) is 7.71. The second kappa shape index (κ2) is 2.54. The van der Waals surface area contributed by atoms with Crippen LogP contribution in [0.25, 0.3) is 0 Å². The van der Waals surface area contributed by atoms with E-state index < -0.39 is 0 Å². The molecule has 1 aromatic heterocycles. The second-order valence-corrected chi connectivity index (χ2v) is 3.79. The minimum atomic E-state index is 0.759. The number of rotatable bonds is 0. The van der Waals surface area contributed by atoms with Crippen LogP contribution in [0.2, 0.25) is 0 Å². The Morgan fingerprint density at radius 1 is 1.17 bits per heavy atom. The molecule has 0 amide bonds. The lowest BCUT2D eigenvalue weighted by atomic mass is 10.1. The fraction of sp³-hybridized carbons (Fsp3) is 0.600. The Morgan fingerprint density at radius 3 is 2.67 bits per heavy atom. The van der Waals surface area contributed by atoms with Crippen molar-refractivity contribution in [1.29, 1.82) is 0 Å². The van der Waals surface area contributed by atoms with Crippen molar-refractivity contribution >= 4 is 0 Å². The van der Waals surface area contributed by atoms with Crippen molar-refractivity contribution in [3.8, 4) is 0 Å². The van der Waals surface area contributed by atoms with E-state index in [1.165, 1.54) is 23.4 Å². The summed E-state index contributed by atoms with van der Waals surface area (Å²) in [5, 5.41) is 0. The molecule has 2 rings (SSSR count). The monoisotopic (exact) mass is 162 g/mol. The van der Waals surface area contributed by atoms with Gasteiger partial charge in [-0.1, -0.05) is 6.92 Å². The lowest BCUT2D eigenvalue weighted by Gasteiger charge is -2.02. The Hall–Kier alpha value is -0.920. The van der Waals surface area contributed by atoms with Crippen molar-refractivity contribution in [1.82, 2.24) is 9.97 Å². The number of nitrogens with zero attached hydrogens (tertiary/aromatic N) is 2. The van der Waals surface area contributed by atoms with Crippen molar-refractivity contribution in [2.24, 2.45) is 5.92 Å². The molecule has 1 unspecified atom stereocenters. The molecule has 0 fully saturated rings. The standard InChI is InChI=1S/C10H14N2/c1-6-4-9-7(2)11-8(3)12-10(9)5-6/h6H,4-5H2,1-3H3. The van der Waals surface area contributed by atoms with Gasteiger partial charge in [-0.2, -0.15) is 0 Å². The highest BCUT2D eigenvalue weighted by Crippen LogP contribution is 2.26. The summed E-state index contributed by atoms with van der Waals surface area (Å²) < 4.78 is 0. The van der Waals surface area contributed by atoms with Gasteiger partial charge in [0.1, 0.15) is 5.82 Å². The van der Waals surface area contributed by atoms with Gasteiger partial charge in [0.15, 0.2) is 0 Å². The van der Waals surface area contributed by atoms with E-state index in [9.17, 15) is 0 Å². The molecule has 2 heteroatoms. The largest absolute Gasteiger partial charge is 0.238 e. The lowest BCUT2D eigenvalue weighted by molar-refractivity contribution is 0.623. The highest BCUT2D eigenvalue weighted by atomic mass is 14.9. The van der Waals surface area contributed by atoms with Gasteiger partial charge in [-0.25, -0.2) is 9.97 Å². The Kier molecular flexibility index (Phi) is 1.63. The first-order chi connectivity index (χ1) is 5.66. The highest BCUT2D eigenvalue weighted by Gasteiger charge is 2.21. The third-order valence-corrected chi connectivity index (χ3v) is 2.51. The molecule has 0 aromatic carbocycles. The van der Waals surface area contributed by atoms with Crippen molar-refractivity contribution in [2.75, 3.05) is 0 Å². The summed E-state index contributed by atoms with van der Waals surface area (Å²) in [5.74, 6) is 1.68. The summed E-state index contributed by atoms with van der Waals surface area (Å²) >= 11 is 0. The van der Waals surface area contributed by atoms with Crippen molar-refractivity contribution in [3.05, 3.63) is 22.8 Å². The topological polar surface area (TPSA) is 25.8 Å². The van der Waals surface area contributed by atoms with E-state index >= 15 is 0 Å². The molecule has 1 atom stereocenters. The van der Waals surface area contributed by atoms with Crippen molar-refractivity contribution < 1.29 is 0 Å². The SMILES string of the molecule is Cc1nc(C)c2c(n1)CC(C)C2. The van der Waals surface area contributed by atoms with Gasteiger partial charge in [0.25, 0.3) is 0 Å². The zero-order valence-corrected chi connectivity index (χ0v) is 7.89. The lowest BCUT2D eigenvalue weighted by Crippen LogP contribution is -1.98. The van der Waals surface area contributed by atoms with E-state index in [2.05, 4.69) is 23.8 Å². The maximum Gasteiger partial charge on any atom is 0.125 e. The molecule has 0 bridgehead atoms. The normalized spacial score (nSPS) is 21.1. The zero-order chi connectivity index (χ0) is 8.72. The van der Waals surface area contributed by atoms with Gasteiger partial charge < -0.3 is 0 Å². The molecule has 1 heterocycles. The van der Waals surface area contributed by atoms with Gasteiger partial charge in [-0.05, 0) is 38.2 Å². The Morgan fingerprint density at radius 2 is 1.92 bits per heavy atom. The van der Waals surface area contributed by atoms with Crippen LogP contribution in [0.4, 0.5) is 0 Å². The van der Waals surface area contributed by atoms with E-state index in [4.69, 9.17) is 0 Å². The van der Waals surface area contributed by atoms with Gasteiger partial charge in [0.05, 0.1) is 0 Å². The summed E-state index contributed by atoms with van der Waals surface area (Å²) in [5.41, 5.74) is 3.86. The van der Waals surface area contributed by atoms with Gasteiger partial charge in [-0.3, -0.25) is 0 Å². The molecule has 0 N–H and O–H groups in total. The second-order valence-electron chi connectivity index (χ2n) is 3.79. The van der Waals surface area contributed by atoms with E-state index in [-0.39, 0.29) is 0 Å². The molecule has 0 radical (unpaired) electrons. The molecule has 0 saturated carbocycles. The molecule has 1 aromatic rings. The molecule has 64 valence electrons. The number of fused-ring (bicyclic) bond motifs is 1. The Labute approximate surface area is 73.1 Å². The van der Waals surface area contributed by atoms with Crippen LogP contribution in [-0.2, 0) is 12.8 Å². The van der Waals surface area contributed by atoms with Crippen LogP contribution in [0.1, 0.15) is 29.7 Å². The summed E-state index contributed by atoms with van der Waals surface area (Å²) in [4.78, 5) is 8.82.